The maximum atomic E-state index is 12.4. The van der Waals surface area contributed by atoms with Crippen molar-refractivity contribution in [1.29, 1.82) is 0 Å². The third-order valence-corrected chi connectivity index (χ3v) is 19.4. The van der Waals surface area contributed by atoms with E-state index >= 15 is 0 Å². The Hall–Kier alpha value is -4.01. The molecule has 9 rings (SSSR count). The Morgan fingerprint density at radius 1 is 0.444 bits per heavy atom. The van der Waals surface area contributed by atoms with Gasteiger partial charge in [0.05, 0.1) is 109 Å². The summed E-state index contributed by atoms with van der Waals surface area (Å²) in [6.07, 6.45) is -21.3. The van der Waals surface area contributed by atoms with Crippen LogP contribution in [0.25, 0.3) is 0 Å². The molecule has 0 saturated carbocycles. The highest BCUT2D eigenvalue weighted by atomic mass is 32.3. The molecule has 12 N–H and O–H groups in total. The van der Waals surface area contributed by atoms with Gasteiger partial charge in [0.1, 0.15) is 61.0 Å². The molecule has 3 aromatic carbocycles. The zero-order valence-corrected chi connectivity index (χ0v) is 57.2. The third-order valence-electron chi connectivity index (χ3n) is 18.1. The minimum absolute atomic E-state index is 0.0996. The van der Waals surface area contributed by atoms with Crippen LogP contribution in [0.1, 0.15) is 57.2 Å². The summed E-state index contributed by atoms with van der Waals surface area (Å²) in [6, 6.07) is 23.7. The molecule has 6 heterocycles. The van der Waals surface area contributed by atoms with Gasteiger partial charge in [-0.1, -0.05) is 119 Å². The van der Waals surface area contributed by atoms with Crippen LogP contribution < -0.4 is 17.2 Å². The molecular formula is C63H91N3O30S3. The molecule has 0 aliphatic carbocycles. The average Bonchev–Trinajstić information content (AvgIpc) is 0.786. The molecular weight excluding hydrogens is 1370 g/mol. The van der Waals surface area contributed by atoms with Crippen molar-refractivity contribution in [2.45, 2.75) is 202 Å². The van der Waals surface area contributed by atoms with E-state index in [4.69, 9.17) is 107 Å². The van der Waals surface area contributed by atoms with Gasteiger partial charge in [-0.05, 0) is 23.1 Å². The topological polar surface area (TPSA) is 468 Å². The molecule has 6 aliphatic heterocycles. The molecule has 0 amide bonds. The highest BCUT2D eigenvalue weighted by molar-refractivity contribution is 7.81. The van der Waals surface area contributed by atoms with Gasteiger partial charge in [0.15, 0.2) is 37.7 Å². The van der Waals surface area contributed by atoms with Gasteiger partial charge in [0.25, 0.3) is 0 Å². The smallest absolute Gasteiger partial charge is 0.385 e. The van der Waals surface area contributed by atoms with Gasteiger partial charge >= 0.3 is 31.2 Å². The maximum absolute atomic E-state index is 12.4. The summed E-state index contributed by atoms with van der Waals surface area (Å²) in [5, 5.41) is 36.3. The number of benzene rings is 3. The second-order valence-electron chi connectivity index (χ2n) is 25.2. The number of aliphatic hydroxyl groups excluding tert-OH is 3. The Kier molecular flexibility index (Phi) is 28.9. The molecule has 6 saturated heterocycles. The van der Waals surface area contributed by atoms with Gasteiger partial charge in [-0.2, -0.15) is 25.3 Å². The maximum Gasteiger partial charge on any atom is 0.397 e. The first-order valence-corrected chi connectivity index (χ1v) is 36.4. The van der Waals surface area contributed by atoms with E-state index in [0.29, 0.717) is 24.0 Å². The zero-order valence-electron chi connectivity index (χ0n) is 54.7. The molecule has 3 aromatic rings. The zero-order chi connectivity index (χ0) is 71.3. The average molecular weight is 1470 g/mol. The molecule has 36 heteroatoms. The van der Waals surface area contributed by atoms with Crippen molar-refractivity contribution in [1.82, 2.24) is 0 Å². The van der Waals surface area contributed by atoms with Crippen LogP contribution >= 0.6 is 0 Å². The monoisotopic (exact) mass is 1470 g/mol. The van der Waals surface area contributed by atoms with E-state index < -0.39 is 223 Å². The number of aliphatic hydroxyl groups is 3. The molecule has 27 atom stereocenters. The number of ether oxygens (including phenoxy) is 15. The van der Waals surface area contributed by atoms with Crippen molar-refractivity contribution in [3.63, 3.8) is 0 Å². The van der Waals surface area contributed by atoms with Crippen LogP contribution in [0, 0.1) is 36.0 Å². The largest absolute Gasteiger partial charge is 0.397 e. The fraction of sp³-hybridized carbons (Fsp3) is 0.683. The third kappa shape index (κ3) is 22.0. The summed E-state index contributed by atoms with van der Waals surface area (Å²) in [4.78, 5) is 0. The molecule has 9 unspecified atom stereocenters. The van der Waals surface area contributed by atoms with Crippen LogP contribution in [0.2, 0.25) is 0 Å². The van der Waals surface area contributed by atoms with E-state index in [1.54, 1.807) is 81.4 Å². The van der Waals surface area contributed by atoms with Crippen molar-refractivity contribution < 1.29 is 138 Å². The first kappa shape index (κ1) is 79.1. The number of unbranched alkanes of at least 4 members (excludes halogenated alkanes) is 1. The molecule has 556 valence electrons. The fourth-order valence-corrected chi connectivity index (χ4v) is 13.4. The lowest BCUT2D eigenvalue weighted by Gasteiger charge is -2.50. The fourth-order valence-electron chi connectivity index (χ4n) is 12.5. The highest BCUT2D eigenvalue weighted by Crippen LogP contribution is 2.39. The van der Waals surface area contributed by atoms with Crippen LogP contribution in [-0.4, -0.2) is 242 Å². The van der Waals surface area contributed by atoms with Gasteiger partial charge in [-0.25, -0.2) is 12.5 Å². The Labute approximate surface area is 575 Å². The van der Waals surface area contributed by atoms with Crippen LogP contribution in [0.5, 0.6) is 0 Å². The SMILES string of the molecule is C#CCCCO[C@@H]1OC(COS(=O)(=O)O)[C@H](O[C@@H]2OC[C@H](O[C@@H]3OC(COS(=O)(=O)O)[C@H](O[C@@H]4OC[C@H](O[C@@H]5OC(COS(=O)(=O)O)[C@H](O[C@@H]6OC[C@H](C)[C@@H](OCc7ccccc7)C6O)[C@H](C)C5N)[C@@H](OCc5ccccc5)C4O)[C@H](C)C3N)[C@@H](OCc3ccccc3)C2O)[C@H](C)C1N. The van der Waals surface area contributed by atoms with E-state index in [-0.39, 0.29) is 39.0 Å². The number of rotatable bonds is 32. The minimum Gasteiger partial charge on any atom is -0.385 e. The van der Waals surface area contributed by atoms with Gasteiger partial charge < -0.3 is 104 Å². The molecule has 6 fully saturated rings. The molecule has 33 nitrogen and oxygen atoms in total. The van der Waals surface area contributed by atoms with Crippen molar-refractivity contribution in [2.24, 2.45) is 40.9 Å². The number of terminal acetylenes is 1. The summed E-state index contributed by atoms with van der Waals surface area (Å²) >= 11 is 0. The van der Waals surface area contributed by atoms with Gasteiger partial charge in [0.2, 0.25) is 0 Å². The van der Waals surface area contributed by atoms with E-state index in [1.165, 1.54) is 0 Å². The van der Waals surface area contributed by atoms with Crippen molar-refractivity contribution >= 4 is 31.2 Å². The summed E-state index contributed by atoms with van der Waals surface area (Å²) in [7, 11) is -15.3. The predicted octanol–water partition coefficient (Wildman–Crippen LogP) is 0.409. The van der Waals surface area contributed by atoms with E-state index in [2.05, 4.69) is 5.92 Å². The van der Waals surface area contributed by atoms with Gasteiger partial charge in [-0.3, -0.25) is 13.7 Å². The molecule has 99 heavy (non-hydrogen) atoms. The van der Waals surface area contributed by atoms with Crippen LogP contribution in [0.15, 0.2) is 91.0 Å². The van der Waals surface area contributed by atoms with E-state index in [1.807, 2.05) is 37.3 Å². The lowest BCUT2D eigenvalue weighted by Crippen LogP contribution is -2.66. The van der Waals surface area contributed by atoms with Gasteiger partial charge in [0, 0.05) is 30.1 Å². The van der Waals surface area contributed by atoms with Crippen molar-refractivity contribution in [2.75, 3.05) is 46.2 Å². The number of hydrogen-bond acceptors (Lipinski definition) is 30. The van der Waals surface area contributed by atoms with Crippen molar-refractivity contribution in [3.05, 3.63) is 108 Å². The molecule has 0 aromatic heterocycles. The Morgan fingerprint density at radius 2 is 0.768 bits per heavy atom. The van der Waals surface area contributed by atoms with Crippen LogP contribution in [-0.2, 0) is 135 Å². The second-order valence-corrected chi connectivity index (χ2v) is 28.5. The number of hydrogen-bond donors (Lipinski definition) is 9. The Morgan fingerprint density at radius 3 is 1.12 bits per heavy atom. The molecule has 6 aliphatic rings. The normalized spacial score (nSPS) is 38.0. The second kappa shape index (κ2) is 36.1. The van der Waals surface area contributed by atoms with E-state index in [9.17, 15) is 54.2 Å². The summed E-state index contributed by atoms with van der Waals surface area (Å²) in [5.41, 5.74) is 22.6. The minimum atomic E-state index is -5.18. The molecule has 0 spiro atoms. The summed E-state index contributed by atoms with van der Waals surface area (Å²) in [5.74, 6) is -0.264. The van der Waals surface area contributed by atoms with Crippen LogP contribution in [0.4, 0.5) is 0 Å². The first-order valence-electron chi connectivity index (χ1n) is 32.3. The van der Waals surface area contributed by atoms with E-state index in [0.717, 1.165) is 5.56 Å². The Bertz CT molecular complexity index is 3340. The van der Waals surface area contributed by atoms with Crippen LogP contribution in [0.3, 0.4) is 0 Å². The predicted molar refractivity (Wildman–Crippen MR) is 340 cm³/mol. The quantitative estimate of drug-likeness (QED) is 0.0232. The number of nitrogens with two attached hydrogens (primary N) is 3. The lowest BCUT2D eigenvalue weighted by molar-refractivity contribution is -0.364. The summed E-state index contributed by atoms with van der Waals surface area (Å²) < 4.78 is 210. The standard InChI is InChI=1S/C63H91N3O30S3/c1-6-7-17-24-79-58-46(64)35(3)53(43(89-58)31-86-97(70,71)72)95-62-50(68)56(81-27-39-20-13-9-14-21-39)41(29-84-62)91-60-48(66)37(5)55(45(93-60)33-88-99(76,77)78)96-63-51(69)57(82-28-40-22-15-10-16-23-40)42(30-85-63)90-59-47(65)36(4)54(44(92-59)32-87-98(73,74)75)94-61-49(67)52(34(2)25-83-61)80-26-38-18-11-8-12-19-38/h1,8-16,18-23,34-37,41-63,67-69H,7,17,24-33,64-66H2,2-5H3,(H,70,71,72)(H,73,74,75)(H,76,77,78)/t34-,35+,36+,37+,41-,42-,43?,44?,45?,46?,47?,48?,49?,50?,51?,52+,53+,54+,55+,56+,57+,58+,59+,60+,61-,62-,63-/m0/s1. The highest BCUT2D eigenvalue weighted by Gasteiger charge is 2.55. The molecule has 0 radical (unpaired) electrons. The van der Waals surface area contributed by atoms with Crippen molar-refractivity contribution in [3.8, 4) is 12.3 Å². The lowest BCUT2D eigenvalue weighted by atomic mass is 9.88. The summed E-state index contributed by atoms with van der Waals surface area (Å²) in [6.45, 7) is 3.50. The Balaban J connectivity index is 0.909. The molecule has 0 bridgehead atoms. The first-order chi connectivity index (χ1) is 47.1. The van der Waals surface area contributed by atoms with Gasteiger partial charge in [-0.15, -0.1) is 12.3 Å².